The summed E-state index contributed by atoms with van der Waals surface area (Å²) in [4.78, 5) is 11.6. The molecule has 0 spiro atoms. The number of benzene rings is 1. The van der Waals surface area contributed by atoms with E-state index in [4.69, 9.17) is 6.42 Å². The highest BCUT2D eigenvalue weighted by Gasteiger charge is 2.05. The first-order chi connectivity index (χ1) is 7.13. The van der Waals surface area contributed by atoms with E-state index in [9.17, 15) is 4.79 Å². The number of hydrogen-bond donors (Lipinski definition) is 1. The number of nitrogens with one attached hydrogen (secondary N) is 1. The Morgan fingerprint density at radius 2 is 2.27 bits per heavy atom. The molecule has 1 N–H and O–H groups in total. The monoisotopic (exact) mass is 201 g/mol. The van der Waals surface area contributed by atoms with Crippen molar-refractivity contribution in [2.24, 2.45) is 5.92 Å². The van der Waals surface area contributed by atoms with Crippen LogP contribution in [0.25, 0.3) is 0 Å². The van der Waals surface area contributed by atoms with E-state index in [1.807, 2.05) is 0 Å². The Balaban J connectivity index is 2.70. The molecule has 0 unspecified atom stereocenters. The predicted molar refractivity (Wildman–Crippen MR) is 61.5 cm³/mol. The van der Waals surface area contributed by atoms with E-state index < -0.39 is 0 Å². The molecular weight excluding hydrogens is 186 g/mol. The summed E-state index contributed by atoms with van der Waals surface area (Å²) in [5.74, 6) is 2.89. The van der Waals surface area contributed by atoms with Gasteiger partial charge in [-0.15, -0.1) is 6.42 Å². The van der Waals surface area contributed by atoms with Gasteiger partial charge in [0, 0.05) is 17.7 Å². The van der Waals surface area contributed by atoms with Gasteiger partial charge in [0.15, 0.2) is 0 Å². The molecule has 78 valence electrons. The summed E-state index contributed by atoms with van der Waals surface area (Å²) in [5.41, 5.74) is 1.35. The highest BCUT2D eigenvalue weighted by molar-refractivity contribution is 5.94. The quantitative estimate of drug-likeness (QED) is 0.745. The lowest BCUT2D eigenvalue weighted by Crippen LogP contribution is -2.27. The standard InChI is InChI=1S/C13H15NO/c1-4-11-6-5-7-12(8-11)13(15)14-9-10(2)3/h1,5-8,10H,9H2,2-3H3,(H,14,15). The van der Waals surface area contributed by atoms with E-state index in [1.165, 1.54) is 0 Å². The lowest BCUT2D eigenvalue weighted by Gasteiger charge is -2.07. The van der Waals surface area contributed by atoms with Gasteiger partial charge in [-0.1, -0.05) is 25.8 Å². The van der Waals surface area contributed by atoms with Gasteiger partial charge >= 0.3 is 0 Å². The Labute approximate surface area is 90.7 Å². The fourth-order valence-corrected chi connectivity index (χ4v) is 1.15. The van der Waals surface area contributed by atoms with Crippen LogP contribution in [-0.4, -0.2) is 12.5 Å². The van der Waals surface area contributed by atoms with Crippen molar-refractivity contribution in [3.8, 4) is 12.3 Å². The molecule has 0 aromatic heterocycles. The summed E-state index contributed by atoms with van der Waals surface area (Å²) in [6.07, 6.45) is 5.26. The van der Waals surface area contributed by atoms with Gasteiger partial charge < -0.3 is 5.32 Å². The van der Waals surface area contributed by atoms with E-state index in [0.29, 0.717) is 18.0 Å². The van der Waals surface area contributed by atoms with Crippen molar-refractivity contribution in [2.45, 2.75) is 13.8 Å². The van der Waals surface area contributed by atoms with Crippen LogP contribution in [0.3, 0.4) is 0 Å². The lowest BCUT2D eigenvalue weighted by atomic mass is 10.1. The van der Waals surface area contributed by atoms with Crippen LogP contribution in [0, 0.1) is 18.3 Å². The Morgan fingerprint density at radius 1 is 1.53 bits per heavy atom. The molecule has 0 bridgehead atoms. The van der Waals surface area contributed by atoms with Crippen molar-refractivity contribution in [3.05, 3.63) is 35.4 Å². The molecule has 0 saturated carbocycles. The average Bonchev–Trinajstić information content (AvgIpc) is 2.26. The molecule has 0 heterocycles. The lowest BCUT2D eigenvalue weighted by molar-refractivity contribution is 0.0949. The van der Waals surface area contributed by atoms with E-state index in [-0.39, 0.29) is 5.91 Å². The van der Waals surface area contributed by atoms with Crippen LogP contribution in [0.15, 0.2) is 24.3 Å². The van der Waals surface area contributed by atoms with E-state index in [2.05, 4.69) is 25.1 Å². The van der Waals surface area contributed by atoms with Gasteiger partial charge in [0.2, 0.25) is 0 Å². The molecule has 2 heteroatoms. The Hall–Kier alpha value is -1.75. The second kappa shape index (κ2) is 5.21. The molecule has 1 amide bonds. The molecule has 0 fully saturated rings. The first-order valence-corrected chi connectivity index (χ1v) is 4.98. The Morgan fingerprint density at radius 3 is 2.87 bits per heavy atom. The van der Waals surface area contributed by atoms with Gasteiger partial charge in [0.1, 0.15) is 0 Å². The third-order valence-electron chi connectivity index (χ3n) is 1.96. The van der Waals surface area contributed by atoms with E-state index in [1.54, 1.807) is 24.3 Å². The smallest absolute Gasteiger partial charge is 0.251 e. The second-order valence-corrected chi connectivity index (χ2v) is 3.83. The largest absolute Gasteiger partial charge is 0.352 e. The summed E-state index contributed by atoms with van der Waals surface area (Å²) >= 11 is 0. The van der Waals surface area contributed by atoms with Gasteiger partial charge in [-0.25, -0.2) is 0 Å². The number of hydrogen-bond acceptors (Lipinski definition) is 1. The van der Waals surface area contributed by atoms with Gasteiger partial charge in [0.05, 0.1) is 0 Å². The molecule has 1 aromatic carbocycles. The number of terminal acetylenes is 1. The van der Waals surface area contributed by atoms with Crippen LogP contribution >= 0.6 is 0 Å². The van der Waals surface area contributed by atoms with Crippen molar-refractivity contribution in [1.82, 2.24) is 5.32 Å². The van der Waals surface area contributed by atoms with Crippen molar-refractivity contribution in [3.63, 3.8) is 0 Å². The average molecular weight is 201 g/mol. The van der Waals surface area contributed by atoms with Crippen molar-refractivity contribution in [1.29, 1.82) is 0 Å². The van der Waals surface area contributed by atoms with Crippen LogP contribution in [0.2, 0.25) is 0 Å². The van der Waals surface area contributed by atoms with Crippen LogP contribution in [0.1, 0.15) is 29.8 Å². The minimum atomic E-state index is -0.0687. The van der Waals surface area contributed by atoms with Crippen LogP contribution in [-0.2, 0) is 0 Å². The van der Waals surface area contributed by atoms with Gasteiger partial charge in [-0.05, 0) is 24.1 Å². The minimum absolute atomic E-state index is 0.0687. The molecule has 0 saturated heterocycles. The fraction of sp³-hybridized carbons (Fsp3) is 0.308. The second-order valence-electron chi connectivity index (χ2n) is 3.83. The molecule has 0 aliphatic rings. The number of carbonyl (C=O) groups is 1. The topological polar surface area (TPSA) is 29.1 Å². The van der Waals surface area contributed by atoms with Crippen LogP contribution < -0.4 is 5.32 Å². The Kier molecular flexibility index (Phi) is 3.93. The first kappa shape index (κ1) is 11.3. The third kappa shape index (κ3) is 3.47. The van der Waals surface area contributed by atoms with Crippen molar-refractivity contribution < 1.29 is 4.79 Å². The maximum absolute atomic E-state index is 11.6. The van der Waals surface area contributed by atoms with Crippen molar-refractivity contribution >= 4 is 5.91 Å². The summed E-state index contributed by atoms with van der Waals surface area (Å²) in [6, 6.07) is 7.07. The molecule has 0 aliphatic carbocycles. The third-order valence-corrected chi connectivity index (χ3v) is 1.96. The maximum Gasteiger partial charge on any atom is 0.251 e. The van der Waals surface area contributed by atoms with E-state index >= 15 is 0 Å². The normalized spacial score (nSPS) is 9.73. The molecule has 2 nitrogen and oxygen atoms in total. The zero-order valence-electron chi connectivity index (χ0n) is 9.08. The predicted octanol–water partition coefficient (Wildman–Crippen LogP) is 2.05. The van der Waals surface area contributed by atoms with Gasteiger partial charge in [-0.2, -0.15) is 0 Å². The van der Waals surface area contributed by atoms with E-state index in [0.717, 1.165) is 5.56 Å². The Bertz CT molecular complexity index is 388. The molecule has 1 aromatic rings. The molecule has 1 rings (SSSR count). The first-order valence-electron chi connectivity index (χ1n) is 4.98. The van der Waals surface area contributed by atoms with Gasteiger partial charge in [0.25, 0.3) is 5.91 Å². The summed E-state index contributed by atoms with van der Waals surface area (Å²) in [6.45, 7) is 4.79. The SMILES string of the molecule is C#Cc1cccc(C(=O)NCC(C)C)c1. The van der Waals surface area contributed by atoms with Crippen molar-refractivity contribution in [2.75, 3.05) is 6.54 Å². The maximum atomic E-state index is 11.6. The fourth-order valence-electron chi connectivity index (χ4n) is 1.15. The van der Waals surface area contributed by atoms with Crippen LogP contribution in [0.5, 0.6) is 0 Å². The number of amides is 1. The molecule has 0 radical (unpaired) electrons. The highest BCUT2D eigenvalue weighted by atomic mass is 16.1. The minimum Gasteiger partial charge on any atom is -0.352 e. The molecular formula is C13H15NO. The number of carbonyl (C=O) groups excluding carboxylic acids is 1. The van der Waals surface area contributed by atoms with Crippen LogP contribution in [0.4, 0.5) is 0 Å². The summed E-state index contributed by atoms with van der Waals surface area (Å²) in [7, 11) is 0. The summed E-state index contributed by atoms with van der Waals surface area (Å²) in [5, 5.41) is 2.84. The zero-order chi connectivity index (χ0) is 11.3. The van der Waals surface area contributed by atoms with Gasteiger partial charge in [-0.3, -0.25) is 4.79 Å². The molecule has 0 aliphatic heterocycles. The molecule has 0 atom stereocenters. The highest BCUT2D eigenvalue weighted by Crippen LogP contribution is 2.04. The summed E-state index contributed by atoms with van der Waals surface area (Å²) < 4.78 is 0. The molecule has 15 heavy (non-hydrogen) atoms. The number of rotatable bonds is 3. The zero-order valence-corrected chi connectivity index (χ0v) is 9.08.